The number of rotatable bonds is 14. The maximum Gasteiger partial charge on any atom is 0.408 e. The molecule has 2 aromatic rings. The second kappa shape index (κ2) is 16.3. The molecule has 2 aromatic carbocycles. The minimum Gasteiger partial charge on any atom is -0.444 e. The molecule has 2 atom stereocenters. The molecule has 0 radical (unpaired) electrons. The minimum atomic E-state index is -0.877. The van der Waals surface area contributed by atoms with Crippen molar-refractivity contribution in [3.05, 3.63) is 64.7 Å². The largest absolute Gasteiger partial charge is 0.444 e. The number of hydrogen-bond donors (Lipinski definition) is 2. The molecule has 232 valence electrons. The first-order valence-electron chi connectivity index (χ1n) is 15.5. The Labute approximate surface area is 253 Å². The Morgan fingerprint density at radius 1 is 0.881 bits per heavy atom. The molecule has 3 amide bonds. The van der Waals surface area contributed by atoms with Gasteiger partial charge in [0.2, 0.25) is 5.91 Å². The van der Waals surface area contributed by atoms with Gasteiger partial charge in [-0.2, -0.15) is 0 Å². The zero-order valence-electron chi connectivity index (χ0n) is 27.3. The molecule has 0 fully saturated rings. The molecule has 7 nitrogen and oxygen atoms in total. The summed E-state index contributed by atoms with van der Waals surface area (Å²) < 4.78 is 5.52. The van der Waals surface area contributed by atoms with Crippen LogP contribution in [0.3, 0.4) is 0 Å². The number of ether oxygens (including phenoxy) is 1. The third-order valence-corrected chi connectivity index (χ3v) is 7.39. The summed E-state index contributed by atoms with van der Waals surface area (Å²) in [7, 11) is 0. The van der Waals surface area contributed by atoms with Crippen LogP contribution in [-0.4, -0.2) is 41.0 Å². The number of hydrogen-bond acceptors (Lipinski definition) is 4. The third-order valence-electron chi connectivity index (χ3n) is 7.39. The van der Waals surface area contributed by atoms with E-state index in [0.29, 0.717) is 18.7 Å². The number of para-hydroxylation sites is 1. The number of alkyl carbamates (subject to hydrolysis) is 1. The maximum atomic E-state index is 14.5. The van der Waals surface area contributed by atoms with E-state index in [4.69, 9.17) is 4.74 Å². The normalized spacial score (nSPS) is 12.9. The maximum absolute atomic E-state index is 14.5. The van der Waals surface area contributed by atoms with Crippen LogP contribution in [0, 0.1) is 26.7 Å². The number of benzene rings is 2. The lowest BCUT2D eigenvalue weighted by Crippen LogP contribution is -2.53. The van der Waals surface area contributed by atoms with Gasteiger partial charge in [-0.05, 0) is 88.6 Å². The van der Waals surface area contributed by atoms with Crippen molar-refractivity contribution < 1.29 is 19.1 Å². The number of amides is 3. The SMILES string of the molecule is CCCCCCCN(C(=O)C(CC(C)C)NC(=O)OC(C)(C)C)C(C(=O)Nc1ccccc1C)c1cccc(C)c1C. The van der Waals surface area contributed by atoms with Gasteiger partial charge in [0.15, 0.2) is 0 Å². The highest BCUT2D eigenvalue weighted by atomic mass is 16.6. The van der Waals surface area contributed by atoms with Gasteiger partial charge in [-0.1, -0.05) is 82.9 Å². The smallest absolute Gasteiger partial charge is 0.408 e. The fourth-order valence-corrected chi connectivity index (χ4v) is 5.03. The van der Waals surface area contributed by atoms with E-state index in [1.807, 2.05) is 77.1 Å². The highest BCUT2D eigenvalue weighted by Crippen LogP contribution is 2.30. The van der Waals surface area contributed by atoms with Gasteiger partial charge in [-0.25, -0.2) is 4.79 Å². The molecule has 7 heteroatoms. The molecular formula is C35H53N3O4. The second-order valence-corrected chi connectivity index (χ2v) is 12.8. The first-order chi connectivity index (χ1) is 19.7. The van der Waals surface area contributed by atoms with Gasteiger partial charge in [0, 0.05) is 12.2 Å². The molecule has 0 aliphatic rings. The summed E-state index contributed by atoms with van der Waals surface area (Å²) >= 11 is 0. The molecule has 2 unspecified atom stereocenters. The number of nitrogens with zero attached hydrogens (tertiary/aromatic N) is 1. The minimum absolute atomic E-state index is 0.125. The summed E-state index contributed by atoms with van der Waals surface area (Å²) in [5.74, 6) is -0.434. The summed E-state index contributed by atoms with van der Waals surface area (Å²) in [5.41, 5.74) is 3.73. The Bertz CT molecular complexity index is 1180. The summed E-state index contributed by atoms with van der Waals surface area (Å²) in [6.07, 6.45) is 4.78. The van der Waals surface area contributed by atoms with Crippen molar-refractivity contribution in [2.75, 3.05) is 11.9 Å². The predicted molar refractivity (Wildman–Crippen MR) is 172 cm³/mol. The van der Waals surface area contributed by atoms with Gasteiger partial charge in [-0.3, -0.25) is 9.59 Å². The van der Waals surface area contributed by atoms with E-state index in [2.05, 4.69) is 17.6 Å². The van der Waals surface area contributed by atoms with E-state index in [-0.39, 0.29) is 17.7 Å². The van der Waals surface area contributed by atoms with Crippen molar-refractivity contribution in [3.63, 3.8) is 0 Å². The number of unbranched alkanes of at least 4 members (excludes halogenated alkanes) is 4. The molecule has 42 heavy (non-hydrogen) atoms. The average molecular weight is 580 g/mol. The van der Waals surface area contributed by atoms with Crippen LogP contribution in [0.2, 0.25) is 0 Å². The van der Waals surface area contributed by atoms with Gasteiger partial charge in [0.1, 0.15) is 17.7 Å². The molecule has 0 saturated carbocycles. The summed E-state index contributed by atoms with van der Waals surface area (Å²) in [6, 6.07) is 11.8. The number of aryl methyl sites for hydroxylation is 2. The van der Waals surface area contributed by atoms with Crippen LogP contribution in [0.1, 0.15) is 108 Å². The van der Waals surface area contributed by atoms with Crippen molar-refractivity contribution in [1.82, 2.24) is 10.2 Å². The lowest BCUT2D eigenvalue weighted by atomic mass is 9.93. The van der Waals surface area contributed by atoms with Gasteiger partial charge < -0.3 is 20.3 Å². The first kappa shape index (κ1) is 34.8. The second-order valence-electron chi connectivity index (χ2n) is 12.8. The van der Waals surface area contributed by atoms with E-state index < -0.39 is 23.8 Å². The van der Waals surface area contributed by atoms with Gasteiger partial charge in [0.05, 0.1) is 0 Å². The van der Waals surface area contributed by atoms with Gasteiger partial charge in [-0.15, -0.1) is 0 Å². The van der Waals surface area contributed by atoms with Crippen molar-refractivity contribution in [2.45, 2.75) is 119 Å². The van der Waals surface area contributed by atoms with E-state index in [1.165, 1.54) is 0 Å². The Kier molecular flexibility index (Phi) is 13.5. The highest BCUT2D eigenvalue weighted by Gasteiger charge is 2.37. The van der Waals surface area contributed by atoms with Crippen LogP contribution < -0.4 is 10.6 Å². The summed E-state index contributed by atoms with van der Waals surface area (Å²) in [6.45, 7) is 17.9. The number of anilines is 1. The molecule has 0 saturated heterocycles. The third kappa shape index (κ3) is 10.8. The lowest BCUT2D eigenvalue weighted by Gasteiger charge is -2.36. The molecular weight excluding hydrogens is 526 g/mol. The van der Waals surface area contributed by atoms with E-state index in [9.17, 15) is 14.4 Å². The lowest BCUT2D eigenvalue weighted by molar-refractivity contribution is -0.141. The van der Waals surface area contributed by atoms with E-state index in [1.54, 1.807) is 25.7 Å². The quantitative estimate of drug-likeness (QED) is 0.222. The zero-order valence-corrected chi connectivity index (χ0v) is 27.3. The van der Waals surface area contributed by atoms with Crippen molar-refractivity contribution >= 4 is 23.6 Å². The fraction of sp³-hybridized carbons (Fsp3) is 0.571. The Morgan fingerprint density at radius 2 is 1.52 bits per heavy atom. The molecule has 2 rings (SSSR count). The van der Waals surface area contributed by atoms with Crippen LogP contribution >= 0.6 is 0 Å². The summed E-state index contributed by atoms with van der Waals surface area (Å²) in [4.78, 5) is 43.3. The van der Waals surface area contributed by atoms with E-state index >= 15 is 0 Å². The van der Waals surface area contributed by atoms with Crippen LogP contribution in [-0.2, 0) is 14.3 Å². The standard InChI is InChI=1S/C35H53N3O4/c1-10-11-12-13-16-22-38(33(40)30(23-24(2)3)37-34(41)42-35(7,8)9)31(28-20-17-19-25(4)27(28)6)32(39)36-29-21-15-14-18-26(29)5/h14-15,17-21,24,30-31H,10-13,16,22-23H2,1-9H3,(H,36,39)(H,37,41). The first-order valence-corrected chi connectivity index (χ1v) is 15.5. The Hall–Kier alpha value is -3.35. The molecule has 0 aromatic heterocycles. The van der Waals surface area contributed by atoms with Crippen LogP contribution in [0.15, 0.2) is 42.5 Å². The molecule has 0 aliphatic heterocycles. The number of carbonyl (C=O) groups is 3. The molecule has 0 aliphatic carbocycles. The van der Waals surface area contributed by atoms with Crippen LogP contribution in [0.25, 0.3) is 0 Å². The predicted octanol–water partition coefficient (Wildman–Crippen LogP) is 8.03. The topological polar surface area (TPSA) is 87.7 Å². The van der Waals surface area contributed by atoms with Crippen molar-refractivity contribution in [1.29, 1.82) is 0 Å². The monoisotopic (exact) mass is 579 g/mol. The molecule has 0 bridgehead atoms. The van der Waals surface area contributed by atoms with E-state index in [0.717, 1.165) is 54.4 Å². The van der Waals surface area contributed by atoms with Gasteiger partial charge >= 0.3 is 6.09 Å². The van der Waals surface area contributed by atoms with Crippen molar-refractivity contribution in [2.24, 2.45) is 5.92 Å². The number of nitrogens with one attached hydrogen (secondary N) is 2. The Morgan fingerprint density at radius 3 is 2.14 bits per heavy atom. The van der Waals surface area contributed by atoms with Crippen LogP contribution in [0.4, 0.5) is 10.5 Å². The van der Waals surface area contributed by atoms with Gasteiger partial charge in [0.25, 0.3) is 5.91 Å². The fourth-order valence-electron chi connectivity index (χ4n) is 5.03. The highest BCUT2D eigenvalue weighted by molar-refractivity contribution is 5.99. The Balaban J connectivity index is 2.60. The molecule has 2 N–H and O–H groups in total. The average Bonchev–Trinajstić information content (AvgIpc) is 2.89. The van der Waals surface area contributed by atoms with Crippen LogP contribution in [0.5, 0.6) is 0 Å². The zero-order chi connectivity index (χ0) is 31.4. The summed E-state index contributed by atoms with van der Waals surface area (Å²) in [5, 5.41) is 5.95. The molecule has 0 heterocycles. The number of carbonyl (C=O) groups excluding carboxylic acids is 3. The molecule has 0 spiro atoms. The van der Waals surface area contributed by atoms with Crippen molar-refractivity contribution in [3.8, 4) is 0 Å².